The number of hydrogen-bond acceptors (Lipinski definition) is 1. The Balaban J connectivity index is 1.09. The number of nitrogens with zero attached hydrogens (tertiary/aromatic N) is 2. The molecule has 65 heavy (non-hydrogen) atoms. The number of hydrogen-bond donors (Lipinski definition) is 0. The maximum Gasteiger partial charge on any atom is 0.101 e. The monoisotopic (exact) mass is 824 g/mol. The highest BCUT2D eigenvalue weighted by Gasteiger charge is 2.23. The summed E-state index contributed by atoms with van der Waals surface area (Å²) >= 11 is 0. The van der Waals surface area contributed by atoms with E-state index in [0.717, 1.165) is 55.3 Å². The molecule has 12 aromatic carbocycles. The van der Waals surface area contributed by atoms with Crippen molar-refractivity contribution in [2.45, 2.75) is 0 Å². The van der Waals surface area contributed by atoms with Gasteiger partial charge >= 0.3 is 0 Å². The molecule has 0 saturated carbocycles. The lowest BCUT2D eigenvalue weighted by Crippen LogP contribution is -1.97. The van der Waals surface area contributed by atoms with Crippen molar-refractivity contribution in [3.05, 3.63) is 243 Å². The molecule has 0 aliphatic carbocycles. The van der Waals surface area contributed by atoms with Crippen molar-refractivity contribution in [2.75, 3.05) is 0 Å². The molecule has 0 N–H and O–H groups in total. The van der Waals surface area contributed by atoms with Gasteiger partial charge in [0.1, 0.15) is 5.69 Å². The van der Waals surface area contributed by atoms with Gasteiger partial charge in [0.05, 0.1) is 11.2 Å². The van der Waals surface area contributed by atoms with Crippen molar-refractivity contribution in [1.29, 1.82) is 0 Å². The molecule has 0 amide bonds. The molecule has 13 rings (SSSR count). The first-order valence-corrected chi connectivity index (χ1v) is 22.4. The van der Waals surface area contributed by atoms with E-state index in [2.05, 4.69) is 247 Å². The molecule has 2 nitrogen and oxygen atoms in total. The number of aromatic nitrogens is 2. The molecule has 2 heteroatoms. The van der Waals surface area contributed by atoms with Crippen LogP contribution in [0.25, 0.3) is 126 Å². The van der Waals surface area contributed by atoms with E-state index in [1.807, 2.05) is 0 Å². The van der Waals surface area contributed by atoms with Gasteiger partial charge in [0, 0.05) is 16.3 Å². The third-order valence-electron chi connectivity index (χ3n) is 13.3. The first-order valence-electron chi connectivity index (χ1n) is 22.4. The minimum atomic E-state index is 0.972. The number of para-hydroxylation sites is 1. The summed E-state index contributed by atoms with van der Waals surface area (Å²) in [5.41, 5.74) is 13.8. The zero-order valence-corrected chi connectivity index (χ0v) is 35.5. The summed E-state index contributed by atoms with van der Waals surface area (Å²) in [6, 6.07) is 88.6. The molecule has 0 spiro atoms. The summed E-state index contributed by atoms with van der Waals surface area (Å²) in [5, 5.41) is 18.8. The first kappa shape index (κ1) is 37.0. The number of fused-ring (bicyclic) bond motifs is 7. The predicted molar refractivity (Wildman–Crippen MR) is 276 cm³/mol. The lowest BCUT2D eigenvalue weighted by Gasteiger charge is -2.19. The molecule has 302 valence electrons. The van der Waals surface area contributed by atoms with Gasteiger partial charge in [-0.05, 0) is 135 Å². The van der Waals surface area contributed by atoms with Gasteiger partial charge in [-0.3, -0.25) is 0 Å². The molecule has 0 radical (unpaired) electrons. The van der Waals surface area contributed by atoms with Crippen LogP contribution < -0.4 is 0 Å². The molecule has 0 atom stereocenters. The van der Waals surface area contributed by atoms with Crippen LogP contribution in [0.5, 0.6) is 0 Å². The van der Waals surface area contributed by atoms with Crippen LogP contribution in [0.4, 0.5) is 0 Å². The van der Waals surface area contributed by atoms with Crippen LogP contribution >= 0.6 is 0 Å². The minimum Gasteiger partial charge on any atom is -0.232 e. The summed E-state index contributed by atoms with van der Waals surface area (Å²) < 4.78 is 2.15. The Kier molecular flexibility index (Phi) is 8.57. The van der Waals surface area contributed by atoms with Crippen molar-refractivity contribution >= 4 is 64.8 Å². The van der Waals surface area contributed by atoms with Gasteiger partial charge in [0.25, 0.3) is 0 Å². The van der Waals surface area contributed by atoms with Crippen LogP contribution in [0.3, 0.4) is 0 Å². The van der Waals surface area contributed by atoms with Crippen molar-refractivity contribution in [3.63, 3.8) is 0 Å². The second-order valence-electron chi connectivity index (χ2n) is 17.1. The minimum absolute atomic E-state index is 0.972. The van der Waals surface area contributed by atoms with Crippen LogP contribution in [0, 0.1) is 0 Å². The fourth-order valence-corrected chi connectivity index (χ4v) is 10.3. The van der Waals surface area contributed by atoms with E-state index in [4.69, 9.17) is 5.10 Å². The topological polar surface area (TPSA) is 17.8 Å². The largest absolute Gasteiger partial charge is 0.232 e. The van der Waals surface area contributed by atoms with E-state index in [0.29, 0.717) is 0 Å². The second-order valence-corrected chi connectivity index (χ2v) is 17.1. The Labute approximate surface area is 376 Å². The number of benzene rings is 12. The Morgan fingerprint density at radius 3 is 1.37 bits per heavy atom. The van der Waals surface area contributed by atoms with Crippen LogP contribution in [0.2, 0.25) is 0 Å². The summed E-state index contributed by atoms with van der Waals surface area (Å²) in [5.74, 6) is 0. The molecule has 13 aromatic rings. The standard InChI is InChI=1S/C63H40N2/c1-4-18-43(19-5-1)57-40-51-38-47(32-34-53(51)63-61(57)62(44-20-6-2-7-21-44)64-65(63)52-24-8-3-9-25-52)48-33-35-56-58(39-48)60(50-31-29-42-17-11-13-23-46(42)37-50)55-27-15-14-26-54(55)59(56)49-30-28-41-16-10-12-22-45(41)36-49/h1-40H. The Morgan fingerprint density at radius 2 is 0.738 bits per heavy atom. The lowest BCUT2D eigenvalue weighted by atomic mass is 9.84. The van der Waals surface area contributed by atoms with E-state index in [9.17, 15) is 0 Å². The van der Waals surface area contributed by atoms with Crippen LogP contribution in [0.1, 0.15) is 0 Å². The maximum atomic E-state index is 5.43. The van der Waals surface area contributed by atoms with Crippen molar-refractivity contribution in [2.24, 2.45) is 0 Å². The van der Waals surface area contributed by atoms with E-state index in [1.165, 1.54) is 70.9 Å². The van der Waals surface area contributed by atoms with Gasteiger partial charge in [-0.25, -0.2) is 4.68 Å². The quantitative estimate of drug-likeness (QED) is 0.153. The molecule has 0 unspecified atom stereocenters. The summed E-state index contributed by atoms with van der Waals surface area (Å²) in [6.45, 7) is 0. The Bertz CT molecular complexity index is 3980. The van der Waals surface area contributed by atoms with Gasteiger partial charge in [-0.15, -0.1) is 0 Å². The van der Waals surface area contributed by atoms with E-state index >= 15 is 0 Å². The van der Waals surface area contributed by atoms with Gasteiger partial charge in [-0.2, -0.15) is 5.10 Å². The lowest BCUT2D eigenvalue weighted by molar-refractivity contribution is 0.918. The zero-order chi connectivity index (χ0) is 42.8. The average molecular weight is 825 g/mol. The summed E-state index contributed by atoms with van der Waals surface area (Å²) in [4.78, 5) is 0. The highest BCUT2D eigenvalue weighted by molar-refractivity contribution is 6.23. The van der Waals surface area contributed by atoms with Gasteiger partial charge < -0.3 is 0 Å². The Morgan fingerprint density at radius 1 is 0.277 bits per heavy atom. The molecule has 0 fully saturated rings. The maximum absolute atomic E-state index is 5.43. The molecule has 1 heterocycles. The predicted octanol–water partition coefficient (Wildman–Crippen LogP) is 17.1. The van der Waals surface area contributed by atoms with Crippen molar-refractivity contribution in [1.82, 2.24) is 9.78 Å². The van der Waals surface area contributed by atoms with Gasteiger partial charge in [-0.1, -0.05) is 200 Å². The van der Waals surface area contributed by atoms with Crippen molar-refractivity contribution in [3.8, 4) is 61.5 Å². The molecule has 0 aliphatic heterocycles. The smallest absolute Gasteiger partial charge is 0.101 e. The summed E-state index contributed by atoms with van der Waals surface area (Å²) in [6.07, 6.45) is 0. The third kappa shape index (κ3) is 6.14. The highest BCUT2D eigenvalue weighted by Crippen LogP contribution is 2.47. The van der Waals surface area contributed by atoms with Crippen LogP contribution in [-0.2, 0) is 0 Å². The molecule has 1 aromatic heterocycles. The molecule has 0 saturated heterocycles. The fraction of sp³-hybridized carbons (Fsp3) is 0. The van der Waals surface area contributed by atoms with Gasteiger partial charge in [0.2, 0.25) is 0 Å². The second kappa shape index (κ2) is 15.0. The molecular weight excluding hydrogens is 785 g/mol. The van der Waals surface area contributed by atoms with Gasteiger partial charge in [0.15, 0.2) is 0 Å². The van der Waals surface area contributed by atoms with Crippen molar-refractivity contribution < 1.29 is 0 Å². The molecular formula is C63H40N2. The molecule has 0 aliphatic rings. The highest BCUT2D eigenvalue weighted by atomic mass is 15.3. The normalized spacial score (nSPS) is 11.7. The molecule has 0 bridgehead atoms. The van der Waals surface area contributed by atoms with E-state index < -0.39 is 0 Å². The van der Waals surface area contributed by atoms with Crippen LogP contribution in [-0.4, -0.2) is 9.78 Å². The van der Waals surface area contributed by atoms with E-state index in [1.54, 1.807) is 0 Å². The third-order valence-corrected chi connectivity index (χ3v) is 13.3. The average Bonchev–Trinajstić information content (AvgIpc) is 3.79. The van der Waals surface area contributed by atoms with Crippen LogP contribution in [0.15, 0.2) is 243 Å². The summed E-state index contributed by atoms with van der Waals surface area (Å²) in [7, 11) is 0. The zero-order valence-electron chi connectivity index (χ0n) is 35.5. The Hall–Kier alpha value is -8.59. The first-order chi connectivity index (χ1) is 32.2. The fourth-order valence-electron chi connectivity index (χ4n) is 10.3. The number of rotatable bonds is 6. The SMILES string of the molecule is c1ccc(-c2cc3cc(-c4ccc5c(-c6ccc7ccccc7c6)c6ccccc6c(-c6ccc7ccccc7c6)c5c4)ccc3c3c2c(-c2ccccc2)nn3-c2ccccc2)cc1. The van der Waals surface area contributed by atoms with E-state index in [-0.39, 0.29) is 0 Å².